The molecule has 7 rings (SSSR count). The van der Waals surface area contributed by atoms with E-state index in [0.29, 0.717) is 12.3 Å². The smallest absolute Gasteiger partial charge is 0.336 e. The van der Waals surface area contributed by atoms with Crippen molar-refractivity contribution in [2.75, 3.05) is 26.3 Å². The number of esters is 1. The lowest BCUT2D eigenvalue weighted by Crippen LogP contribution is -2.71. The molecule has 13 nitrogen and oxygen atoms in total. The topological polar surface area (TPSA) is 219 Å². The third kappa shape index (κ3) is 7.98. The van der Waals surface area contributed by atoms with Crippen molar-refractivity contribution in [1.29, 1.82) is 0 Å². The molecule has 0 aromatic heterocycles. The Bertz CT molecular complexity index is 1350. The van der Waals surface area contributed by atoms with Crippen LogP contribution in [0, 0.1) is 53.3 Å². The number of carbonyl (C=O) groups excluding carboxylic acids is 2. The molecule has 2 bridgehead atoms. The van der Waals surface area contributed by atoms with Crippen molar-refractivity contribution >= 4 is 11.8 Å². The second kappa shape index (κ2) is 17.1. The molecule has 5 aliphatic heterocycles. The molecule has 0 spiro atoms. The minimum Gasteiger partial charge on any atom is -0.456 e. The number of fused-ring (bicyclic) bond motifs is 4. The van der Waals surface area contributed by atoms with E-state index in [-0.39, 0.29) is 78.3 Å². The van der Waals surface area contributed by atoms with Gasteiger partial charge < -0.3 is 56.7 Å². The predicted octanol–water partition coefficient (Wildman–Crippen LogP) is 1.48. The highest BCUT2D eigenvalue weighted by Crippen LogP contribution is 2.58. The van der Waals surface area contributed by atoms with Crippen LogP contribution in [0.2, 0.25) is 0 Å². The van der Waals surface area contributed by atoms with E-state index in [2.05, 4.69) is 17.6 Å². The fourth-order valence-corrected chi connectivity index (χ4v) is 12.5. The number of allylic oxidation sites excluding steroid dienone is 1. The number of aliphatic hydroxyl groups is 4. The van der Waals surface area contributed by atoms with Gasteiger partial charge in [0.1, 0.15) is 17.5 Å². The monoisotopic (exact) mass is 760 g/mol. The molecule has 7 aliphatic rings. The van der Waals surface area contributed by atoms with Gasteiger partial charge in [-0.05, 0) is 127 Å². The molecule has 15 unspecified atom stereocenters. The lowest BCUT2D eigenvalue weighted by Gasteiger charge is -2.62. The summed E-state index contributed by atoms with van der Waals surface area (Å²) in [5, 5.41) is 50.6. The molecule has 0 amide bonds. The van der Waals surface area contributed by atoms with Gasteiger partial charge in [0.05, 0.1) is 67.6 Å². The molecule has 5 saturated heterocycles. The highest BCUT2D eigenvalue weighted by molar-refractivity contribution is 5.88. The van der Waals surface area contributed by atoms with Gasteiger partial charge in [0.25, 0.3) is 0 Å². The van der Waals surface area contributed by atoms with Gasteiger partial charge in [-0.15, -0.1) is 0 Å². The third-order valence-corrected chi connectivity index (χ3v) is 15.3. The Kier molecular flexibility index (Phi) is 12.9. The normalized spacial score (nSPS) is 48.6. The van der Waals surface area contributed by atoms with E-state index >= 15 is 0 Å². The van der Waals surface area contributed by atoms with Crippen LogP contribution in [-0.2, 0) is 23.8 Å². The summed E-state index contributed by atoms with van der Waals surface area (Å²) in [4.78, 5) is 27.8. The van der Waals surface area contributed by atoms with Crippen molar-refractivity contribution in [1.82, 2.24) is 10.6 Å². The van der Waals surface area contributed by atoms with E-state index in [1.807, 2.05) is 0 Å². The Morgan fingerprint density at radius 2 is 1.78 bits per heavy atom. The molecule has 0 radical (unpaired) electrons. The first-order chi connectivity index (χ1) is 25.9. The highest BCUT2D eigenvalue weighted by Gasteiger charge is 2.65. The van der Waals surface area contributed by atoms with Gasteiger partial charge in [-0.25, -0.2) is 4.79 Å². The number of Topliss-reactive ketones (excluding diaryl/α,β-unsaturated/α-hetero) is 1. The largest absolute Gasteiger partial charge is 0.456 e. The number of nitrogens with one attached hydrogen (secondary N) is 2. The lowest BCUT2D eigenvalue weighted by atomic mass is 9.53. The Hall–Kier alpha value is -1.52. The SMILES string of the molecule is CC=C(CO)C(=O)O[C@H]1CC2C(O)C3C(=O)CC(CO)OC3C3C(CC4CCCC(O)C4)C4CCNC(N)C4CC[C@@H](CC4CCC(N)NC4)[C@]1(C)OC23. The van der Waals surface area contributed by atoms with Crippen molar-refractivity contribution in [3.63, 3.8) is 0 Å². The lowest BCUT2D eigenvalue weighted by molar-refractivity contribution is -0.306. The first-order valence-corrected chi connectivity index (χ1v) is 21.2. The first kappa shape index (κ1) is 40.7. The van der Waals surface area contributed by atoms with Crippen LogP contribution in [0.25, 0.3) is 0 Å². The van der Waals surface area contributed by atoms with Crippen molar-refractivity contribution in [2.45, 2.75) is 152 Å². The van der Waals surface area contributed by atoms with Crippen molar-refractivity contribution in [2.24, 2.45) is 64.7 Å². The van der Waals surface area contributed by atoms with Crippen molar-refractivity contribution in [3.05, 3.63) is 11.6 Å². The molecule has 0 aromatic carbocycles. The summed E-state index contributed by atoms with van der Waals surface area (Å²) in [5.74, 6) is -1.46. The number of nitrogens with two attached hydrogens (primary N) is 2. The summed E-state index contributed by atoms with van der Waals surface area (Å²) in [6, 6.07) is 0. The van der Waals surface area contributed by atoms with E-state index in [9.17, 15) is 30.0 Å². The molecule has 2 aliphatic carbocycles. The van der Waals surface area contributed by atoms with Crippen LogP contribution in [0.3, 0.4) is 0 Å². The number of carbonyl (C=O) groups is 2. The van der Waals surface area contributed by atoms with Crippen molar-refractivity contribution in [3.8, 4) is 0 Å². The Labute approximate surface area is 320 Å². The summed E-state index contributed by atoms with van der Waals surface area (Å²) in [7, 11) is 0. The van der Waals surface area contributed by atoms with Crippen molar-refractivity contribution < 1.29 is 44.2 Å². The number of hydrogen-bond acceptors (Lipinski definition) is 13. The molecule has 13 heteroatoms. The molecule has 5 heterocycles. The molecule has 10 N–H and O–H groups in total. The number of ether oxygens (including phenoxy) is 3. The minimum atomic E-state index is -1.10. The summed E-state index contributed by atoms with van der Waals surface area (Å²) < 4.78 is 20.8. The van der Waals surface area contributed by atoms with E-state index in [1.54, 1.807) is 13.0 Å². The quantitative estimate of drug-likeness (QED) is 0.130. The standard InChI is InChI=1S/C41H68N4O9/c1-3-23(19-46)40(51)53-32-17-30-36(50)35-31(49)16-26(20-47)52-38(35)34-29(15-21-5-4-6-25(48)14-21)27-11-12-44-39(43)28(27)9-8-24(41(32,2)54-37(30)34)13-22-7-10-33(42)45-18-22/h3,21-22,24-30,32-39,44-48,50H,4-20,42-43H2,1-2H3/t21?,22?,24-,25?,26?,27?,28?,29?,30?,32-,33?,34?,35?,36?,37?,38?,39?,41-/m0/s1. The van der Waals surface area contributed by atoms with Gasteiger partial charge in [0.2, 0.25) is 0 Å². The van der Waals surface area contributed by atoms with Gasteiger partial charge in [-0.2, -0.15) is 0 Å². The maximum Gasteiger partial charge on any atom is 0.336 e. The highest BCUT2D eigenvalue weighted by atomic mass is 16.6. The van der Waals surface area contributed by atoms with E-state index in [0.717, 1.165) is 83.7 Å². The van der Waals surface area contributed by atoms with Gasteiger partial charge in [0.15, 0.2) is 0 Å². The van der Waals surface area contributed by atoms with Crippen LogP contribution in [-0.4, -0.2) is 113 Å². The molecule has 54 heavy (non-hydrogen) atoms. The predicted molar refractivity (Wildman–Crippen MR) is 200 cm³/mol. The van der Waals surface area contributed by atoms with Crippen LogP contribution in [0.15, 0.2) is 11.6 Å². The fourth-order valence-electron chi connectivity index (χ4n) is 12.5. The van der Waals surface area contributed by atoms with Crippen LogP contribution >= 0.6 is 0 Å². The van der Waals surface area contributed by atoms with Gasteiger partial charge in [0, 0.05) is 18.3 Å². The Balaban J connectivity index is 1.36. The summed E-state index contributed by atoms with van der Waals surface area (Å²) in [5.41, 5.74) is 12.5. The molecular weight excluding hydrogens is 692 g/mol. The van der Waals surface area contributed by atoms with Crippen LogP contribution in [0.5, 0.6) is 0 Å². The fraction of sp³-hybridized carbons (Fsp3) is 0.902. The second-order valence-electron chi connectivity index (χ2n) is 18.4. The molecule has 18 atom stereocenters. The van der Waals surface area contributed by atoms with Crippen LogP contribution in [0.1, 0.15) is 97.3 Å². The van der Waals surface area contributed by atoms with Gasteiger partial charge in [-0.1, -0.05) is 18.9 Å². The van der Waals surface area contributed by atoms with Crippen LogP contribution < -0.4 is 22.1 Å². The van der Waals surface area contributed by atoms with Gasteiger partial charge in [-0.3, -0.25) is 4.79 Å². The van der Waals surface area contributed by atoms with E-state index in [1.165, 1.54) is 0 Å². The van der Waals surface area contributed by atoms with Crippen LogP contribution in [0.4, 0.5) is 0 Å². The average Bonchev–Trinajstić information content (AvgIpc) is 3.14. The van der Waals surface area contributed by atoms with E-state index < -0.39 is 60.5 Å². The summed E-state index contributed by atoms with van der Waals surface area (Å²) >= 11 is 0. The summed E-state index contributed by atoms with van der Waals surface area (Å²) in [6.07, 6.45) is 7.11. The summed E-state index contributed by atoms with van der Waals surface area (Å²) in [6.45, 7) is 4.58. The average molecular weight is 761 g/mol. The number of aliphatic hydroxyl groups excluding tert-OH is 4. The second-order valence-corrected chi connectivity index (χ2v) is 18.4. The molecule has 0 aromatic rings. The molecular formula is C41H68N4O9. The number of hydrogen-bond donors (Lipinski definition) is 8. The maximum atomic E-state index is 14.1. The molecule has 7 fully saturated rings. The minimum absolute atomic E-state index is 0.0177. The first-order valence-electron chi connectivity index (χ1n) is 21.2. The zero-order valence-corrected chi connectivity index (χ0v) is 32.4. The maximum absolute atomic E-state index is 14.1. The zero-order valence-electron chi connectivity index (χ0n) is 32.4. The Morgan fingerprint density at radius 3 is 2.48 bits per heavy atom. The number of ketones is 1. The zero-order chi connectivity index (χ0) is 38.3. The molecule has 2 saturated carbocycles. The van der Waals surface area contributed by atoms with Gasteiger partial charge >= 0.3 is 5.97 Å². The third-order valence-electron chi connectivity index (χ3n) is 15.3. The molecule has 306 valence electrons. The van der Waals surface area contributed by atoms with E-state index in [4.69, 9.17) is 25.7 Å². The number of rotatable bonds is 8. The number of piperidine rings is 2. The Morgan fingerprint density at radius 1 is 0.963 bits per heavy atom.